The minimum absolute atomic E-state index is 0.0633. The molecule has 6 heteroatoms. The van der Waals surface area contributed by atoms with Crippen LogP contribution in [0.1, 0.15) is 19.3 Å². The fraction of sp³-hybridized carbons (Fsp3) is 0.400. The van der Waals surface area contributed by atoms with Crippen molar-refractivity contribution in [3.63, 3.8) is 0 Å². The fourth-order valence-electron chi connectivity index (χ4n) is 3.78. The van der Waals surface area contributed by atoms with Crippen LogP contribution in [0.5, 0.6) is 0 Å². The largest absolute Gasteiger partial charge is 0.369 e. The van der Waals surface area contributed by atoms with Crippen LogP contribution in [0.15, 0.2) is 52.4 Å². The molecule has 0 unspecified atom stereocenters. The number of anilines is 2. The molecule has 2 aromatic rings. The molecule has 0 aliphatic carbocycles. The Morgan fingerprint density at radius 2 is 1.88 bits per heavy atom. The summed E-state index contributed by atoms with van der Waals surface area (Å²) in [5.41, 5.74) is 6.67. The molecule has 3 heterocycles. The average molecular weight is 369 g/mol. The highest BCUT2D eigenvalue weighted by Gasteiger charge is 2.25. The highest BCUT2D eigenvalue weighted by atomic mass is 32.2. The van der Waals surface area contributed by atoms with E-state index in [2.05, 4.69) is 45.1 Å². The topological polar surface area (TPSA) is 62.5 Å². The van der Waals surface area contributed by atoms with Gasteiger partial charge in [-0.05, 0) is 63.2 Å². The number of pyridine rings is 1. The van der Waals surface area contributed by atoms with Crippen LogP contribution in [-0.2, 0) is 4.79 Å². The zero-order chi connectivity index (χ0) is 17.9. The van der Waals surface area contributed by atoms with Crippen LogP contribution >= 0.6 is 11.8 Å². The van der Waals surface area contributed by atoms with E-state index in [9.17, 15) is 4.79 Å². The van der Waals surface area contributed by atoms with Crippen molar-refractivity contribution in [2.75, 3.05) is 31.1 Å². The number of nitrogens with two attached hydrogens (primary N) is 1. The van der Waals surface area contributed by atoms with Crippen LogP contribution in [0, 0.1) is 5.92 Å². The van der Waals surface area contributed by atoms with Gasteiger partial charge in [0.25, 0.3) is 0 Å². The number of carbonyl (C=O) groups excluding carboxylic acids is 1. The molecule has 1 amide bonds. The van der Waals surface area contributed by atoms with Crippen molar-refractivity contribution in [3.05, 3.63) is 42.6 Å². The summed E-state index contributed by atoms with van der Waals surface area (Å²) in [6.07, 6.45) is 4.72. The van der Waals surface area contributed by atoms with E-state index < -0.39 is 0 Å². The number of primary amides is 1. The van der Waals surface area contributed by atoms with Gasteiger partial charge in [-0.15, -0.1) is 0 Å². The summed E-state index contributed by atoms with van der Waals surface area (Å²) in [4.78, 5) is 23.2. The van der Waals surface area contributed by atoms with Crippen molar-refractivity contribution in [2.24, 2.45) is 11.7 Å². The zero-order valence-electron chi connectivity index (χ0n) is 14.8. The lowest BCUT2D eigenvalue weighted by Gasteiger charge is -2.33. The molecule has 0 bridgehead atoms. The Morgan fingerprint density at radius 3 is 2.69 bits per heavy atom. The number of amides is 1. The van der Waals surface area contributed by atoms with Crippen LogP contribution in [-0.4, -0.2) is 42.0 Å². The first-order valence-electron chi connectivity index (χ1n) is 9.23. The third-order valence-electron chi connectivity index (χ3n) is 5.23. The van der Waals surface area contributed by atoms with E-state index in [-0.39, 0.29) is 11.8 Å². The Bertz CT molecular complexity index is 743. The SMILES string of the molecule is NC(=O)C1CCN(CCCN2c3ccccc3Sc3cccnc32)CC1. The molecule has 2 aliphatic heterocycles. The minimum atomic E-state index is -0.144. The van der Waals surface area contributed by atoms with Crippen molar-refractivity contribution >= 4 is 29.2 Å². The molecule has 26 heavy (non-hydrogen) atoms. The monoisotopic (exact) mass is 368 g/mol. The predicted octanol–water partition coefficient (Wildman–Crippen LogP) is 3.27. The molecule has 1 aromatic heterocycles. The summed E-state index contributed by atoms with van der Waals surface area (Å²) in [6, 6.07) is 12.7. The molecule has 1 saturated heterocycles. The quantitative estimate of drug-likeness (QED) is 0.878. The van der Waals surface area contributed by atoms with Crippen molar-refractivity contribution in [2.45, 2.75) is 29.1 Å². The predicted molar refractivity (Wildman–Crippen MR) is 105 cm³/mol. The summed E-state index contributed by atoms with van der Waals surface area (Å²) in [7, 11) is 0. The van der Waals surface area contributed by atoms with Gasteiger partial charge in [0.05, 0.1) is 10.6 Å². The van der Waals surface area contributed by atoms with Crippen molar-refractivity contribution in [3.8, 4) is 0 Å². The number of benzene rings is 1. The maximum Gasteiger partial charge on any atom is 0.220 e. The van der Waals surface area contributed by atoms with E-state index in [4.69, 9.17) is 5.73 Å². The Hall–Kier alpha value is -2.05. The Labute approximate surface area is 158 Å². The van der Waals surface area contributed by atoms with Gasteiger partial charge in [-0.3, -0.25) is 4.79 Å². The summed E-state index contributed by atoms with van der Waals surface area (Å²) < 4.78 is 0. The van der Waals surface area contributed by atoms with Gasteiger partial charge in [0.2, 0.25) is 5.91 Å². The highest BCUT2D eigenvalue weighted by Crippen LogP contribution is 2.46. The molecular formula is C20H24N4OS. The second kappa shape index (κ2) is 7.68. The molecule has 4 rings (SSSR count). The molecule has 5 nitrogen and oxygen atoms in total. The minimum Gasteiger partial charge on any atom is -0.369 e. The number of para-hydroxylation sites is 1. The Kier molecular flexibility index (Phi) is 5.13. The Morgan fingerprint density at radius 1 is 1.12 bits per heavy atom. The third kappa shape index (κ3) is 3.57. The number of rotatable bonds is 5. The van der Waals surface area contributed by atoms with Gasteiger partial charge >= 0.3 is 0 Å². The lowest BCUT2D eigenvalue weighted by Crippen LogP contribution is -2.39. The molecule has 0 saturated carbocycles. The molecule has 0 spiro atoms. The number of likely N-dealkylation sites (tertiary alicyclic amines) is 1. The second-order valence-electron chi connectivity index (χ2n) is 6.92. The first-order chi connectivity index (χ1) is 12.7. The smallest absolute Gasteiger partial charge is 0.220 e. The average Bonchev–Trinajstić information content (AvgIpc) is 2.68. The van der Waals surface area contributed by atoms with Crippen LogP contribution in [0.25, 0.3) is 0 Å². The van der Waals surface area contributed by atoms with Gasteiger partial charge in [-0.1, -0.05) is 23.9 Å². The van der Waals surface area contributed by atoms with Gasteiger partial charge < -0.3 is 15.5 Å². The van der Waals surface area contributed by atoms with E-state index in [1.54, 1.807) is 11.8 Å². The molecule has 1 fully saturated rings. The lowest BCUT2D eigenvalue weighted by molar-refractivity contribution is -0.123. The number of carbonyl (C=O) groups is 1. The number of nitrogens with zero attached hydrogens (tertiary/aromatic N) is 3. The van der Waals surface area contributed by atoms with E-state index in [1.165, 1.54) is 15.5 Å². The van der Waals surface area contributed by atoms with Gasteiger partial charge in [0.1, 0.15) is 5.82 Å². The number of hydrogen-bond acceptors (Lipinski definition) is 5. The Balaban J connectivity index is 1.40. The lowest BCUT2D eigenvalue weighted by atomic mass is 9.96. The van der Waals surface area contributed by atoms with Gasteiger partial charge in [-0.2, -0.15) is 0 Å². The summed E-state index contributed by atoms with van der Waals surface area (Å²) in [5.74, 6) is 0.978. The van der Waals surface area contributed by atoms with Crippen LogP contribution in [0.3, 0.4) is 0 Å². The number of aromatic nitrogens is 1. The van der Waals surface area contributed by atoms with Crippen LogP contribution in [0.2, 0.25) is 0 Å². The van der Waals surface area contributed by atoms with Crippen molar-refractivity contribution < 1.29 is 4.79 Å². The molecule has 2 aliphatic rings. The van der Waals surface area contributed by atoms with E-state index in [0.717, 1.165) is 51.3 Å². The first-order valence-corrected chi connectivity index (χ1v) is 10.0. The molecule has 0 atom stereocenters. The number of hydrogen-bond donors (Lipinski definition) is 1. The number of piperidine rings is 1. The van der Waals surface area contributed by atoms with Gasteiger partial charge in [0.15, 0.2) is 0 Å². The summed E-state index contributed by atoms with van der Waals surface area (Å²) in [6.45, 7) is 3.92. The third-order valence-corrected chi connectivity index (χ3v) is 6.33. The molecular weight excluding hydrogens is 344 g/mol. The highest BCUT2D eigenvalue weighted by molar-refractivity contribution is 7.99. The first kappa shape index (κ1) is 17.4. The van der Waals surface area contributed by atoms with E-state index in [0.29, 0.717) is 0 Å². The van der Waals surface area contributed by atoms with E-state index in [1.807, 2.05) is 12.3 Å². The molecule has 136 valence electrons. The normalized spacial score (nSPS) is 17.6. The van der Waals surface area contributed by atoms with Crippen LogP contribution in [0.4, 0.5) is 11.5 Å². The van der Waals surface area contributed by atoms with Crippen molar-refractivity contribution in [1.29, 1.82) is 0 Å². The molecule has 2 N–H and O–H groups in total. The summed E-state index contributed by atoms with van der Waals surface area (Å²) in [5, 5.41) is 0. The van der Waals surface area contributed by atoms with Gasteiger partial charge in [-0.25, -0.2) is 4.98 Å². The zero-order valence-corrected chi connectivity index (χ0v) is 15.6. The fourth-order valence-corrected chi connectivity index (χ4v) is 4.85. The van der Waals surface area contributed by atoms with Crippen LogP contribution < -0.4 is 10.6 Å². The standard InChI is InChI=1S/C20H24N4OS/c21-19(25)15-8-13-23(14-9-15)11-4-12-24-16-5-1-2-6-17(16)26-18-7-3-10-22-20(18)24/h1-3,5-7,10,15H,4,8-9,11-14H2,(H2,21,25). The molecule has 0 radical (unpaired) electrons. The number of fused-ring (bicyclic) bond motifs is 2. The second-order valence-corrected chi connectivity index (χ2v) is 8.00. The van der Waals surface area contributed by atoms with Gasteiger partial charge in [0, 0.05) is 23.6 Å². The maximum absolute atomic E-state index is 11.3. The van der Waals surface area contributed by atoms with E-state index >= 15 is 0 Å². The molecule has 1 aromatic carbocycles. The van der Waals surface area contributed by atoms with Crippen molar-refractivity contribution in [1.82, 2.24) is 9.88 Å². The maximum atomic E-state index is 11.3. The summed E-state index contributed by atoms with van der Waals surface area (Å²) >= 11 is 1.79.